The summed E-state index contributed by atoms with van der Waals surface area (Å²) in [4.78, 5) is 22.2. The normalized spacial score (nSPS) is 19.6. The molecule has 0 aromatic heterocycles. The summed E-state index contributed by atoms with van der Waals surface area (Å²) in [5, 5.41) is 18.2. The van der Waals surface area contributed by atoms with E-state index in [4.69, 9.17) is 5.11 Å². The summed E-state index contributed by atoms with van der Waals surface area (Å²) in [6.07, 6.45) is 2.06. The lowest BCUT2D eigenvalue weighted by molar-refractivity contribution is -0.138. The maximum Gasteiger partial charge on any atom is 0.305 e. The van der Waals surface area contributed by atoms with E-state index in [1.54, 1.807) is 24.3 Å². The van der Waals surface area contributed by atoms with Crippen LogP contribution in [0.5, 0.6) is 0 Å². The average Bonchev–Trinajstić information content (AvgIpc) is 2.78. The Morgan fingerprint density at radius 2 is 2.17 bits per heavy atom. The van der Waals surface area contributed by atoms with Crippen LogP contribution in [-0.2, 0) is 19.6 Å². The highest BCUT2D eigenvalue weighted by Gasteiger charge is 2.32. The Hall–Kier alpha value is -2.40. The van der Waals surface area contributed by atoms with Crippen molar-refractivity contribution in [3.05, 3.63) is 29.8 Å². The SMILES string of the molecule is CS(=O)(=O)Nc1ccccc1C=NN=C1NC(=O)C(CC(=O)O)S1. The molecule has 0 aliphatic carbocycles. The van der Waals surface area contributed by atoms with E-state index in [-0.39, 0.29) is 11.6 Å². The second-order valence-electron chi connectivity index (χ2n) is 4.80. The summed E-state index contributed by atoms with van der Waals surface area (Å²) in [7, 11) is -3.43. The van der Waals surface area contributed by atoms with Gasteiger partial charge in [-0.3, -0.25) is 14.3 Å². The number of nitrogens with zero attached hydrogens (tertiary/aromatic N) is 2. The molecule has 24 heavy (non-hydrogen) atoms. The molecule has 3 N–H and O–H groups in total. The number of nitrogens with one attached hydrogen (secondary N) is 2. The number of hydrogen-bond donors (Lipinski definition) is 3. The summed E-state index contributed by atoms with van der Waals surface area (Å²) >= 11 is 0.980. The third kappa shape index (κ3) is 5.35. The molecule has 0 bridgehead atoms. The number of amides is 1. The molecule has 1 saturated heterocycles. The molecule has 1 heterocycles. The molecule has 9 nitrogen and oxygen atoms in total. The molecule has 1 amide bonds. The number of hydrogen-bond acceptors (Lipinski definition) is 7. The van der Waals surface area contributed by atoms with Gasteiger partial charge in [-0.1, -0.05) is 30.0 Å². The monoisotopic (exact) mass is 370 g/mol. The minimum atomic E-state index is -3.43. The zero-order valence-corrected chi connectivity index (χ0v) is 14.1. The number of carbonyl (C=O) groups excluding carboxylic acids is 1. The molecule has 1 atom stereocenters. The average molecular weight is 370 g/mol. The lowest BCUT2D eigenvalue weighted by atomic mass is 10.2. The van der Waals surface area contributed by atoms with Gasteiger partial charge in [0.1, 0.15) is 5.25 Å². The van der Waals surface area contributed by atoms with Crippen LogP contribution >= 0.6 is 11.8 Å². The number of sulfonamides is 1. The molecule has 1 fully saturated rings. The molecule has 0 saturated carbocycles. The lowest BCUT2D eigenvalue weighted by Gasteiger charge is -2.06. The predicted molar refractivity (Wildman–Crippen MR) is 91.7 cm³/mol. The Morgan fingerprint density at radius 1 is 1.46 bits per heavy atom. The van der Waals surface area contributed by atoms with Gasteiger partial charge in [-0.15, -0.1) is 5.10 Å². The van der Waals surface area contributed by atoms with E-state index in [9.17, 15) is 18.0 Å². The van der Waals surface area contributed by atoms with Gasteiger partial charge in [-0.05, 0) is 6.07 Å². The van der Waals surface area contributed by atoms with E-state index in [2.05, 4.69) is 20.2 Å². The van der Waals surface area contributed by atoms with Crippen molar-refractivity contribution in [1.29, 1.82) is 0 Å². The van der Waals surface area contributed by atoms with Gasteiger partial charge in [0.05, 0.1) is 24.6 Å². The van der Waals surface area contributed by atoms with E-state index >= 15 is 0 Å². The molecule has 0 radical (unpaired) electrons. The quantitative estimate of drug-likeness (QED) is 0.491. The smallest absolute Gasteiger partial charge is 0.305 e. The molecule has 1 aromatic carbocycles. The predicted octanol–water partition coefficient (Wildman–Crippen LogP) is 0.454. The molecule has 1 aliphatic rings. The van der Waals surface area contributed by atoms with E-state index in [0.717, 1.165) is 18.0 Å². The number of thioether (sulfide) groups is 1. The second-order valence-corrected chi connectivity index (χ2v) is 7.74. The van der Waals surface area contributed by atoms with Gasteiger partial charge in [0, 0.05) is 5.56 Å². The Morgan fingerprint density at radius 3 is 2.83 bits per heavy atom. The Kier molecular flexibility index (Phi) is 5.57. The Bertz CT molecular complexity index is 819. The van der Waals surface area contributed by atoms with Crippen molar-refractivity contribution >= 4 is 50.7 Å². The van der Waals surface area contributed by atoms with Gasteiger partial charge in [-0.2, -0.15) is 5.10 Å². The van der Waals surface area contributed by atoms with Gasteiger partial charge >= 0.3 is 5.97 Å². The summed E-state index contributed by atoms with van der Waals surface area (Å²) in [5.74, 6) is -1.51. The van der Waals surface area contributed by atoms with Crippen LogP contribution in [0.4, 0.5) is 5.69 Å². The van der Waals surface area contributed by atoms with E-state index < -0.39 is 27.1 Å². The van der Waals surface area contributed by atoms with Crippen LogP contribution in [-0.4, -0.2) is 48.3 Å². The molecule has 11 heteroatoms. The zero-order chi connectivity index (χ0) is 17.7. The third-order valence-corrected chi connectivity index (χ3v) is 4.40. The van der Waals surface area contributed by atoms with Crippen molar-refractivity contribution in [3.63, 3.8) is 0 Å². The molecule has 1 unspecified atom stereocenters. The van der Waals surface area contributed by atoms with Crippen LogP contribution in [0.25, 0.3) is 0 Å². The van der Waals surface area contributed by atoms with Gasteiger partial charge in [-0.25, -0.2) is 8.42 Å². The fraction of sp³-hybridized carbons (Fsp3) is 0.231. The van der Waals surface area contributed by atoms with Gasteiger partial charge in [0.15, 0.2) is 5.17 Å². The zero-order valence-electron chi connectivity index (χ0n) is 12.5. The van der Waals surface area contributed by atoms with E-state index in [1.165, 1.54) is 6.21 Å². The number of benzene rings is 1. The van der Waals surface area contributed by atoms with Gasteiger partial charge < -0.3 is 10.4 Å². The number of carboxylic acid groups (broad SMARTS) is 1. The molecule has 2 rings (SSSR count). The number of amidine groups is 1. The van der Waals surface area contributed by atoms with Gasteiger partial charge in [0.25, 0.3) is 0 Å². The van der Waals surface area contributed by atoms with E-state index in [1.807, 2.05) is 0 Å². The second kappa shape index (κ2) is 7.45. The highest BCUT2D eigenvalue weighted by molar-refractivity contribution is 8.15. The molecular formula is C13H14N4O5S2. The molecular weight excluding hydrogens is 356 g/mol. The topological polar surface area (TPSA) is 137 Å². The van der Waals surface area contributed by atoms with Crippen molar-refractivity contribution in [1.82, 2.24) is 5.32 Å². The highest BCUT2D eigenvalue weighted by atomic mass is 32.2. The fourth-order valence-corrected chi connectivity index (χ4v) is 3.29. The molecule has 1 aliphatic heterocycles. The first-order valence-electron chi connectivity index (χ1n) is 6.62. The third-order valence-electron chi connectivity index (χ3n) is 2.74. The fourth-order valence-electron chi connectivity index (χ4n) is 1.79. The number of aliphatic carboxylic acids is 1. The maximum absolute atomic E-state index is 11.6. The summed E-state index contributed by atoms with van der Waals surface area (Å²) in [6, 6.07) is 6.59. The van der Waals surface area contributed by atoms with Crippen LogP contribution in [0.2, 0.25) is 0 Å². The number of anilines is 1. The lowest BCUT2D eigenvalue weighted by Crippen LogP contribution is -2.26. The summed E-state index contributed by atoms with van der Waals surface area (Å²) in [6.45, 7) is 0. The van der Waals surface area contributed by atoms with Crippen LogP contribution in [0.15, 0.2) is 34.5 Å². The van der Waals surface area contributed by atoms with Crippen LogP contribution in [0, 0.1) is 0 Å². The largest absolute Gasteiger partial charge is 0.481 e. The summed E-state index contributed by atoms with van der Waals surface area (Å²) in [5.41, 5.74) is 0.833. The van der Waals surface area contributed by atoms with Gasteiger partial charge in [0.2, 0.25) is 15.9 Å². The van der Waals surface area contributed by atoms with Crippen molar-refractivity contribution in [3.8, 4) is 0 Å². The molecule has 0 spiro atoms. The van der Waals surface area contributed by atoms with Crippen LogP contribution in [0.1, 0.15) is 12.0 Å². The minimum Gasteiger partial charge on any atom is -0.481 e. The van der Waals surface area contributed by atoms with Crippen molar-refractivity contribution < 1.29 is 23.1 Å². The van der Waals surface area contributed by atoms with E-state index in [0.29, 0.717) is 11.3 Å². The van der Waals surface area contributed by atoms with Crippen LogP contribution in [0.3, 0.4) is 0 Å². The number of rotatable bonds is 6. The summed E-state index contributed by atoms with van der Waals surface area (Å²) < 4.78 is 25.0. The van der Waals surface area contributed by atoms with Crippen LogP contribution < -0.4 is 10.0 Å². The number of carbonyl (C=O) groups is 2. The van der Waals surface area contributed by atoms with Crippen molar-refractivity contribution in [2.75, 3.05) is 11.0 Å². The number of carboxylic acids is 1. The first kappa shape index (κ1) is 17.9. The molecule has 1 aromatic rings. The Balaban J connectivity index is 2.10. The first-order chi connectivity index (χ1) is 11.2. The Labute approximate surface area is 142 Å². The van der Waals surface area contributed by atoms with Crippen molar-refractivity contribution in [2.45, 2.75) is 11.7 Å². The minimum absolute atomic E-state index is 0.191. The highest BCUT2D eigenvalue weighted by Crippen LogP contribution is 2.22. The standard InChI is InChI=1S/C13H14N4O5S2/c1-24(21,22)17-9-5-3-2-4-8(9)7-14-16-13-15-12(20)10(23-13)6-11(18)19/h2-5,7,10,17H,6H2,1H3,(H,18,19)(H,15,16,20). The maximum atomic E-state index is 11.6. The first-order valence-corrected chi connectivity index (χ1v) is 9.39. The molecule has 128 valence electrons. The van der Waals surface area contributed by atoms with Crippen molar-refractivity contribution in [2.24, 2.45) is 10.2 Å². The number of para-hydroxylation sites is 1.